The van der Waals surface area contributed by atoms with Crippen LogP contribution in [-0.2, 0) is 9.59 Å². The third kappa shape index (κ3) is 3.65. The van der Waals surface area contributed by atoms with Crippen LogP contribution < -0.4 is 15.3 Å². The van der Waals surface area contributed by atoms with E-state index in [4.69, 9.17) is 0 Å². The number of Topliss-reactive ketones (excluding diaryl/α,β-unsaturated/α-hetero) is 1. The van der Waals surface area contributed by atoms with Crippen molar-refractivity contribution in [3.8, 4) is 0 Å². The number of aliphatic hydroxyl groups is 1. The van der Waals surface area contributed by atoms with E-state index in [-0.39, 0.29) is 32.9 Å². The van der Waals surface area contributed by atoms with Gasteiger partial charge in [0.25, 0.3) is 17.5 Å². The highest BCUT2D eigenvalue weighted by molar-refractivity contribution is 6.22. The molecule has 0 radical (unpaired) electrons. The number of rotatable bonds is 7. The normalized spacial score (nSPS) is 21.4. The summed E-state index contributed by atoms with van der Waals surface area (Å²) in [6.07, 6.45) is -2.26. The van der Waals surface area contributed by atoms with Crippen LogP contribution in [0, 0.1) is 33.1 Å². The number of hydrazine groups is 3. The van der Waals surface area contributed by atoms with Crippen molar-refractivity contribution in [1.29, 1.82) is 0 Å². The smallest absolute Gasteiger partial charge is 0.300 e. The minimum Gasteiger partial charge on any atom is -0.382 e. The van der Waals surface area contributed by atoms with Crippen LogP contribution >= 0.6 is 0 Å². The highest BCUT2D eigenvalue weighted by Gasteiger charge is 2.77. The second-order valence-corrected chi connectivity index (χ2v) is 8.91. The average molecular weight is 532 g/mol. The average Bonchev–Trinajstić information content (AvgIpc) is 3.15. The topological polar surface area (TPSA) is 179 Å². The van der Waals surface area contributed by atoms with E-state index in [9.17, 15) is 39.7 Å². The predicted molar refractivity (Wildman–Crippen MR) is 135 cm³/mol. The summed E-state index contributed by atoms with van der Waals surface area (Å²) in [7, 11) is 0. The molecule has 3 aromatic carbocycles. The van der Waals surface area contributed by atoms with Gasteiger partial charge in [0.1, 0.15) is 17.7 Å². The lowest BCUT2D eigenvalue weighted by Gasteiger charge is -2.44. The molecule has 39 heavy (non-hydrogen) atoms. The molecule has 5 rings (SSSR count). The second kappa shape index (κ2) is 9.18. The minimum atomic E-state index is -3.03. The first-order valence-electron chi connectivity index (χ1n) is 11.6. The van der Waals surface area contributed by atoms with Crippen LogP contribution in [0.3, 0.4) is 0 Å². The number of carbonyl (C=O) groups is 3. The van der Waals surface area contributed by atoms with Crippen LogP contribution in [0.2, 0.25) is 0 Å². The van der Waals surface area contributed by atoms with Crippen molar-refractivity contribution in [2.45, 2.75) is 18.7 Å². The molecule has 2 heterocycles. The Kier molecular flexibility index (Phi) is 5.95. The van der Waals surface area contributed by atoms with Crippen molar-refractivity contribution < 1.29 is 29.6 Å². The molecule has 1 fully saturated rings. The predicted octanol–water partition coefficient (Wildman–Crippen LogP) is 1.96. The highest BCUT2D eigenvalue weighted by Crippen LogP contribution is 2.50. The van der Waals surface area contributed by atoms with E-state index in [2.05, 4.69) is 5.32 Å². The molecule has 0 saturated carbocycles. The molecule has 2 aliphatic heterocycles. The molecule has 198 valence electrons. The van der Waals surface area contributed by atoms with Gasteiger partial charge < -0.3 is 10.4 Å². The molecule has 14 nitrogen and oxygen atoms in total. The van der Waals surface area contributed by atoms with Gasteiger partial charge in [-0.1, -0.05) is 60.2 Å². The molecule has 14 heteroatoms. The van der Waals surface area contributed by atoms with Gasteiger partial charge in [0.05, 0.1) is 21.6 Å². The van der Waals surface area contributed by atoms with E-state index in [1.807, 2.05) is 0 Å². The molecule has 3 unspecified atom stereocenters. The van der Waals surface area contributed by atoms with Crippen molar-refractivity contribution in [2.24, 2.45) is 5.92 Å². The summed E-state index contributed by atoms with van der Waals surface area (Å²) in [6.45, 7) is 1.75. The number of nitrogens with zero attached hydrogens (tertiary/aromatic N) is 5. The Morgan fingerprint density at radius 2 is 1.56 bits per heavy atom. The molecule has 0 spiro atoms. The summed E-state index contributed by atoms with van der Waals surface area (Å²) in [5.41, 5.74) is -2.72. The second-order valence-electron chi connectivity index (χ2n) is 8.91. The van der Waals surface area contributed by atoms with E-state index in [1.165, 1.54) is 66.7 Å². The molecule has 2 N–H and O–H groups in total. The summed E-state index contributed by atoms with van der Waals surface area (Å²) >= 11 is 0. The number of ketones is 1. The van der Waals surface area contributed by atoms with Crippen LogP contribution in [-0.4, -0.2) is 49.7 Å². The standard InChI is InChI=1S/C25H20N6O8/c1-15-11-13-16(14-12-15)21(32)20-22(33)23(34)27-19-10-6-5-9-18(19)26-24(35)25(20,27)29(31(38)39)28(30(36)37)17-7-3-2-4-8-17/h2-14,20,22,33H,1H3,(H,26,35). The number of aryl methyl sites for hydroxylation is 1. The molecular weight excluding hydrogens is 512 g/mol. The number of para-hydroxylation sites is 3. The Hall–Kier alpha value is -5.37. The SMILES string of the molecule is Cc1ccc(C(=O)C2C(O)C(=O)N3c4ccccc4NC(=O)C23N(N(c2ccccc2)[N+](=O)[O-])[N+](=O)[O-])cc1. The lowest BCUT2D eigenvalue weighted by molar-refractivity contribution is -0.730. The molecular formula is C25H20N6O8. The van der Waals surface area contributed by atoms with Gasteiger partial charge >= 0.3 is 0 Å². The van der Waals surface area contributed by atoms with Gasteiger partial charge in [-0.25, -0.2) is 20.2 Å². The number of amides is 2. The van der Waals surface area contributed by atoms with Gasteiger partial charge in [0.2, 0.25) is 0 Å². The first-order valence-corrected chi connectivity index (χ1v) is 11.6. The minimum absolute atomic E-state index is 0.0265. The summed E-state index contributed by atoms with van der Waals surface area (Å²) < 4.78 is 0. The maximum Gasteiger partial charge on any atom is 0.300 e. The van der Waals surface area contributed by atoms with Crippen LogP contribution in [0.1, 0.15) is 15.9 Å². The number of nitro groups is 2. The molecule has 1 saturated heterocycles. The number of nitrogens with one attached hydrogen (secondary N) is 1. The number of hydrogen-bond acceptors (Lipinski definition) is 8. The van der Waals surface area contributed by atoms with Gasteiger partial charge in [-0.05, 0) is 31.2 Å². The fourth-order valence-corrected chi connectivity index (χ4v) is 5.04. The zero-order chi connectivity index (χ0) is 28.1. The van der Waals surface area contributed by atoms with Crippen molar-refractivity contribution >= 4 is 34.7 Å². The summed E-state index contributed by atoms with van der Waals surface area (Å²) in [5.74, 6) is -5.67. The lowest BCUT2D eigenvalue weighted by Crippen LogP contribution is -2.76. The molecule has 2 amide bonds. The number of carbonyl (C=O) groups excluding carboxylic acids is 3. The van der Waals surface area contributed by atoms with E-state index in [0.717, 1.165) is 5.56 Å². The first-order chi connectivity index (χ1) is 18.6. The number of aliphatic hydroxyl groups excluding tert-OH is 1. The third-order valence-electron chi connectivity index (χ3n) is 6.69. The van der Waals surface area contributed by atoms with Gasteiger partial charge in [0, 0.05) is 5.56 Å². The molecule has 3 aromatic rings. The largest absolute Gasteiger partial charge is 0.382 e. The van der Waals surface area contributed by atoms with Gasteiger partial charge in [-0.2, -0.15) is 0 Å². The van der Waals surface area contributed by atoms with Crippen LogP contribution in [0.5, 0.6) is 0 Å². The zero-order valence-corrected chi connectivity index (χ0v) is 20.2. The summed E-state index contributed by atoms with van der Waals surface area (Å²) in [5, 5.41) is 36.1. The highest BCUT2D eigenvalue weighted by atomic mass is 16.7. The quantitative estimate of drug-likeness (QED) is 0.259. The van der Waals surface area contributed by atoms with Crippen LogP contribution in [0.4, 0.5) is 17.1 Å². The van der Waals surface area contributed by atoms with Crippen molar-refractivity contribution in [1.82, 2.24) is 5.12 Å². The van der Waals surface area contributed by atoms with Crippen molar-refractivity contribution in [2.75, 3.05) is 15.3 Å². The maximum atomic E-state index is 14.0. The Morgan fingerprint density at radius 1 is 0.949 bits per heavy atom. The Morgan fingerprint density at radius 3 is 2.18 bits per heavy atom. The summed E-state index contributed by atoms with van der Waals surface area (Å²) in [6, 6.07) is 18.2. The zero-order valence-electron chi connectivity index (χ0n) is 20.2. The maximum absolute atomic E-state index is 14.0. The monoisotopic (exact) mass is 532 g/mol. The van der Waals surface area contributed by atoms with Crippen molar-refractivity contribution in [3.63, 3.8) is 0 Å². The third-order valence-corrected chi connectivity index (χ3v) is 6.69. The van der Waals surface area contributed by atoms with Crippen molar-refractivity contribution in [3.05, 3.63) is 110 Å². The molecule has 0 bridgehead atoms. The Labute approximate surface area is 219 Å². The van der Waals surface area contributed by atoms with Crippen LogP contribution in [0.15, 0.2) is 78.9 Å². The van der Waals surface area contributed by atoms with Gasteiger partial charge in [0.15, 0.2) is 15.8 Å². The number of fused-ring (bicyclic) bond motifs is 3. The lowest BCUT2D eigenvalue weighted by atomic mass is 9.82. The van der Waals surface area contributed by atoms with Gasteiger partial charge in [-0.3, -0.25) is 19.3 Å². The molecule has 2 aliphatic rings. The Bertz CT molecular complexity index is 1510. The van der Waals surface area contributed by atoms with E-state index in [0.29, 0.717) is 4.90 Å². The van der Waals surface area contributed by atoms with Crippen LogP contribution in [0.25, 0.3) is 0 Å². The van der Waals surface area contributed by atoms with Gasteiger partial charge in [-0.15, -0.1) is 0 Å². The van der Waals surface area contributed by atoms with E-state index < -0.39 is 45.3 Å². The molecule has 0 aromatic heterocycles. The number of hydrogen-bond donors (Lipinski definition) is 2. The fraction of sp³-hybridized carbons (Fsp3) is 0.160. The fourth-order valence-electron chi connectivity index (χ4n) is 5.04. The first kappa shape index (κ1) is 25.3. The Balaban J connectivity index is 1.84. The van der Waals surface area contributed by atoms with E-state index >= 15 is 0 Å². The van der Waals surface area contributed by atoms with E-state index in [1.54, 1.807) is 19.1 Å². The number of anilines is 3. The number of benzene rings is 3. The molecule has 3 atom stereocenters. The molecule has 0 aliphatic carbocycles. The summed E-state index contributed by atoms with van der Waals surface area (Å²) in [4.78, 5) is 67.3.